The minimum absolute atomic E-state index is 0.382. The van der Waals surface area contributed by atoms with Crippen LogP contribution in [0.4, 0.5) is 0 Å². The second-order valence-corrected chi connectivity index (χ2v) is 3.48. The van der Waals surface area contributed by atoms with Crippen molar-refractivity contribution < 1.29 is 5.11 Å². The zero-order chi connectivity index (χ0) is 8.43. The van der Waals surface area contributed by atoms with Crippen molar-refractivity contribution in [3.8, 4) is 0 Å². The highest BCUT2D eigenvalue weighted by Crippen LogP contribution is 2.23. The molecule has 0 amide bonds. The molecule has 0 aliphatic rings. The van der Waals surface area contributed by atoms with Gasteiger partial charge in [0.2, 0.25) is 0 Å². The lowest BCUT2D eigenvalue weighted by molar-refractivity contribution is 0.198. The molecule has 0 aliphatic carbocycles. The number of rotatable bonds is 1. The Balaban J connectivity index is 3.17. The van der Waals surface area contributed by atoms with Crippen LogP contribution < -0.4 is 0 Å². The van der Waals surface area contributed by atoms with Gasteiger partial charge in [0.15, 0.2) is 0 Å². The summed E-state index contributed by atoms with van der Waals surface area (Å²) >= 11 is 3.40. The summed E-state index contributed by atoms with van der Waals surface area (Å²) in [6, 6.07) is 5.84. The predicted molar refractivity (Wildman–Crippen MR) is 49.5 cm³/mol. The van der Waals surface area contributed by atoms with Crippen LogP contribution in [0.3, 0.4) is 0 Å². The fourth-order valence-corrected chi connectivity index (χ4v) is 1.46. The van der Waals surface area contributed by atoms with Crippen LogP contribution in [0, 0.1) is 6.92 Å². The summed E-state index contributed by atoms with van der Waals surface area (Å²) in [7, 11) is 0. The van der Waals surface area contributed by atoms with Crippen molar-refractivity contribution >= 4 is 15.9 Å². The van der Waals surface area contributed by atoms with E-state index in [0.29, 0.717) is 0 Å². The first-order chi connectivity index (χ1) is 5.13. The second kappa shape index (κ2) is 3.37. The van der Waals surface area contributed by atoms with Gasteiger partial charge in [-0.05, 0) is 31.0 Å². The molecule has 2 heteroatoms. The van der Waals surface area contributed by atoms with Gasteiger partial charge in [-0.25, -0.2) is 0 Å². The fourth-order valence-electron chi connectivity index (χ4n) is 1.08. The van der Waals surface area contributed by atoms with Crippen molar-refractivity contribution in [3.63, 3.8) is 0 Å². The molecule has 0 heterocycles. The lowest BCUT2D eigenvalue weighted by atomic mass is 10.1. The molecule has 1 rings (SSSR count). The Morgan fingerprint density at radius 3 is 2.55 bits per heavy atom. The van der Waals surface area contributed by atoms with E-state index in [1.807, 2.05) is 25.1 Å². The minimum atomic E-state index is -0.382. The van der Waals surface area contributed by atoms with Gasteiger partial charge < -0.3 is 5.11 Å². The van der Waals surface area contributed by atoms with Crippen LogP contribution in [0.15, 0.2) is 22.7 Å². The Bertz CT molecular complexity index is 256. The van der Waals surface area contributed by atoms with Gasteiger partial charge in [-0.3, -0.25) is 0 Å². The monoisotopic (exact) mass is 214 g/mol. The lowest BCUT2D eigenvalue weighted by Gasteiger charge is -2.09. The van der Waals surface area contributed by atoms with Gasteiger partial charge in [0.25, 0.3) is 0 Å². The summed E-state index contributed by atoms with van der Waals surface area (Å²) in [6.07, 6.45) is -0.382. The zero-order valence-corrected chi connectivity index (χ0v) is 8.22. The van der Waals surface area contributed by atoms with Gasteiger partial charge in [-0.15, -0.1) is 0 Å². The van der Waals surface area contributed by atoms with E-state index in [-0.39, 0.29) is 6.10 Å². The highest BCUT2D eigenvalue weighted by atomic mass is 79.9. The normalized spacial score (nSPS) is 13.1. The second-order valence-electron chi connectivity index (χ2n) is 2.63. The predicted octanol–water partition coefficient (Wildman–Crippen LogP) is 2.81. The third kappa shape index (κ3) is 1.82. The Kier molecular flexibility index (Phi) is 2.68. The standard InChI is InChI=1S/C9H11BrO/c1-6-8(7(2)11)4-3-5-9(6)10/h3-5,7,11H,1-2H3/t7-/m0/s1. The summed E-state index contributed by atoms with van der Waals surface area (Å²) in [5.74, 6) is 0. The SMILES string of the molecule is Cc1c(Br)cccc1[C@H](C)O. The number of benzene rings is 1. The van der Waals surface area contributed by atoms with Crippen molar-refractivity contribution in [2.45, 2.75) is 20.0 Å². The number of hydrogen-bond donors (Lipinski definition) is 1. The third-order valence-electron chi connectivity index (χ3n) is 1.76. The molecule has 1 N–H and O–H groups in total. The maximum atomic E-state index is 9.31. The van der Waals surface area contributed by atoms with Crippen molar-refractivity contribution in [3.05, 3.63) is 33.8 Å². The van der Waals surface area contributed by atoms with Crippen LogP contribution in [-0.2, 0) is 0 Å². The van der Waals surface area contributed by atoms with E-state index >= 15 is 0 Å². The zero-order valence-electron chi connectivity index (χ0n) is 6.63. The van der Waals surface area contributed by atoms with Gasteiger partial charge >= 0.3 is 0 Å². The fraction of sp³-hybridized carbons (Fsp3) is 0.333. The quantitative estimate of drug-likeness (QED) is 0.763. The Morgan fingerprint density at radius 2 is 2.09 bits per heavy atom. The maximum Gasteiger partial charge on any atom is 0.0764 e. The topological polar surface area (TPSA) is 20.2 Å². The molecule has 1 aromatic carbocycles. The molecular weight excluding hydrogens is 204 g/mol. The number of aliphatic hydroxyl groups is 1. The van der Waals surface area contributed by atoms with E-state index in [0.717, 1.165) is 15.6 Å². The summed E-state index contributed by atoms with van der Waals surface area (Å²) in [5.41, 5.74) is 2.10. The van der Waals surface area contributed by atoms with Crippen LogP contribution in [0.2, 0.25) is 0 Å². The summed E-state index contributed by atoms with van der Waals surface area (Å²) in [5, 5.41) is 9.31. The van der Waals surface area contributed by atoms with E-state index in [4.69, 9.17) is 0 Å². The summed E-state index contributed by atoms with van der Waals surface area (Å²) in [4.78, 5) is 0. The Labute approximate surface area is 75.2 Å². The first-order valence-electron chi connectivity index (χ1n) is 3.56. The van der Waals surface area contributed by atoms with Gasteiger partial charge in [0.05, 0.1) is 6.10 Å². The smallest absolute Gasteiger partial charge is 0.0764 e. The summed E-state index contributed by atoms with van der Waals surface area (Å²) < 4.78 is 1.05. The molecule has 1 atom stereocenters. The van der Waals surface area contributed by atoms with E-state index in [1.165, 1.54) is 0 Å². The molecule has 0 aromatic heterocycles. The first kappa shape index (κ1) is 8.75. The lowest BCUT2D eigenvalue weighted by Crippen LogP contribution is -1.94. The molecule has 0 aliphatic heterocycles. The highest BCUT2D eigenvalue weighted by molar-refractivity contribution is 9.10. The number of hydrogen-bond acceptors (Lipinski definition) is 1. The van der Waals surface area contributed by atoms with Crippen LogP contribution in [0.25, 0.3) is 0 Å². The van der Waals surface area contributed by atoms with Crippen molar-refractivity contribution in [1.29, 1.82) is 0 Å². The molecule has 0 fully saturated rings. The number of halogens is 1. The molecule has 0 bridgehead atoms. The van der Waals surface area contributed by atoms with Crippen molar-refractivity contribution in [2.24, 2.45) is 0 Å². The largest absolute Gasteiger partial charge is 0.389 e. The van der Waals surface area contributed by atoms with E-state index in [9.17, 15) is 5.11 Å². The molecule has 0 saturated carbocycles. The molecule has 1 nitrogen and oxygen atoms in total. The number of aliphatic hydroxyl groups excluding tert-OH is 1. The molecule has 0 unspecified atom stereocenters. The van der Waals surface area contributed by atoms with Gasteiger partial charge in [0.1, 0.15) is 0 Å². The van der Waals surface area contributed by atoms with Crippen LogP contribution in [0.1, 0.15) is 24.2 Å². The minimum Gasteiger partial charge on any atom is -0.389 e. The molecule has 0 saturated heterocycles. The molecular formula is C9H11BrO. The molecule has 60 valence electrons. The molecule has 1 aromatic rings. The van der Waals surface area contributed by atoms with Gasteiger partial charge in [0, 0.05) is 4.47 Å². The maximum absolute atomic E-state index is 9.31. The van der Waals surface area contributed by atoms with Crippen molar-refractivity contribution in [2.75, 3.05) is 0 Å². The molecule has 0 radical (unpaired) electrons. The Morgan fingerprint density at radius 1 is 1.45 bits per heavy atom. The van der Waals surface area contributed by atoms with Crippen LogP contribution in [0.5, 0.6) is 0 Å². The van der Waals surface area contributed by atoms with E-state index in [1.54, 1.807) is 6.92 Å². The average molecular weight is 215 g/mol. The molecule has 0 spiro atoms. The van der Waals surface area contributed by atoms with Crippen molar-refractivity contribution in [1.82, 2.24) is 0 Å². The molecule has 11 heavy (non-hydrogen) atoms. The van der Waals surface area contributed by atoms with Crippen LogP contribution >= 0.6 is 15.9 Å². The first-order valence-corrected chi connectivity index (χ1v) is 4.35. The highest BCUT2D eigenvalue weighted by Gasteiger charge is 2.05. The van der Waals surface area contributed by atoms with Gasteiger partial charge in [-0.2, -0.15) is 0 Å². The van der Waals surface area contributed by atoms with Crippen LogP contribution in [-0.4, -0.2) is 5.11 Å². The third-order valence-corrected chi connectivity index (χ3v) is 2.62. The van der Waals surface area contributed by atoms with E-state index in [2.05, 4.69) is 15.9 Å². The summed E-state index contributed by atoms with van der Waals surface area (Å²) in [6.45, 7) is 3.76. The van der Waals surface area contributed by atoms with Gasteiger partial charge in [-0.1, -0.05) is 28.1 Å². The van der Waals surface area contributed by atoms with E-state index < -0.39 is 0 Å². The Hall–Kier alpha value is -0.340. The average Bonchev–Trinajstić information content (AvgIpc) is 1.94.